The molecule has 88 valence electrons. The molecule has 0 spiro atoms. The van der Waals surface area contributed by atoms with E-state index in [1.165, 1.54) is 23.5 Å². The van der Waals surface area contributed by atoms with Gasteiger partial charge in [-0.2, -0.15) is 0 Å². The first-order valence-electron chi connectivity index (χ1n) is 4.96. The van der Waals surface area contributed by atoms with Crippen LogP contribution in [-0.2, 0) is 0 Å². The number of aliphatic hydroxyl groups excluding tert-OH is 1. The lowest BCUT2D eigenvalue weighted by atomic mass is 10.2. The van der Waals surface area contributed by atoms with Gasteiger partial charge in [0.1, 0.15) is 5.01 Å². The molecule has 0 aliphatic rings. The minimum atomic E-state index is -0.626. The predicted octanol–water partition coefficient (Wildman–Crippen LogP) is 2.77. The van der Waals surface area contributed by atoms with Crippen LogP contribution in [0, 0.1) is 10.1 Å². The molecule has 0 fully saturated rings. The van der Waals surface area contributed by atoms with Gasteiger partial charge in [-0.15, -0.1) is 11.3 Å². The fourth-order valence-electron chi connectivity index (χ4n) is 1.36. The summed E-state index contributed by atoms with van der Waals surface area (Å²) >= 11 is 1.36. The van der Waals surface area contributed by atoms with Gasteiger partial charge in [-0.3, -0.25) is 10.1 Å². The number of nitrogens with zero attached hydrogens (tertiary/aromatic N) is 2. The highest BCUT2D eigenvalue weighted by molar-refractivity contribution is 7.13. The number of nitro benzene ring substituents is 1. The predicted molar refractivity (Wildman–Crippen MR) is 64.8 cm³/mol. The number of hydrogen-bond acceptors (Lipinski definition) is 5. The van der Waals surface area contributed by atoms with E-state index in [4.69, 9.17) is 0 Å². The highest BCUT2D eigenvalue weighted by Gasteiger charge is 2.11. The SMILES string of the molecule is CC(O)c1csc(-c2cccc([N+](=O)[O-])c2)n1. The monoisotopic (exact) mass is 250 g/mol. The van der Waals surface area contributed by atoms with Gasteiger partial charge in [0.25, 0.3) is 5.69 Å². The standard InChI is InChI=1S/C11H10N2O3S/c1-7(14)10-6-17-11(12-10)8-3-2-4-9(5-8)13(15)16/h2-7,14H,1H3. The number of nitro groups is 1. The number of aliphatic hydroxyl groups is 1. The molecule has 2 rings (SSSR count). The van der Waals surface area contributed by atoms with Crippen molar-refractivity contribution in [3.63, 3.8) is 0 Å². The van der Waals surface area contributed by atoms with E-state index in [0.29, 0.717) is 16.3 Å². The molecule has 1 aromatic carbocycles. The molecule has 2 aromatic rings. The van der Waals surface area contributed by atoms with Crippen LogP contribution in [0.4, 0.5) is 5.69 Å². The van der Waals surface area contributed by atoms with Crippen LogP contribution >= 0.6 is 11.3 Å². The van der Waals surface area contributed by atoms with Gasteiger partial charge in [-0.1, -0.05) is 12.1 Å². The first-order valence-corrected chi connectivity index (χ1v) is 5.84. The molecule has 0 amide bonds. The summed E-state index contributed by atoms with van der Waals surface area (Å²) in [5.74, 6) is 0. The molecule has 1 atom stereocenters. The third-order valence-electron chi connectivity index (χ3n) is 2.25. The van der Waals surface area contributed by atoms with Crippen LogP contribution in [0.2, 0.25) is 0 Å². The highest BCUT2D eigenvalue weighted by Crippen LogP contribution is 2.28. The average molecular weight is 250 g/mol. The average Bonchev–Trinajstić information content (AvgIpc) is 2.78. The second-order valence-corrected chi connectivity index (χ2v) is 4.42. The van der Waals surface area contributed by atoms with Crippen LogP contribution in [-0.4, -0.2) is 15.0 Å². The smallest absolute Gasteiger partial charge is 0.270 e. The van der Waals surface area contributed by atoms with Gasteiger partial charge in [-0.25, -0.2) is 4.98 Å². The van der Waals surface area contributed by atoms with Crippen LogP contribution in [0.5, 0.6) is 0 Å². The van der Waals surface area contributed by atoms with E-state index in [9.17, 15) is 15.2 Å². The van der Waals surface area contributed by atoms with Crippen molar-refractivity contribution in [3.8, 4) is 10.6 Å². The Hall–Kier alpha value is -1.79. The zero-order valence-corrected chi connectivity index (χ0v) is 9.85. The molecule has 1 heterocycles. The van der Waals surface area contributed by atoms with E-state index in [-0.39, 0.29) is 5.69 Å². The van der Waals surface area contributed by atoms with Gasteiger partial charge in [0.15, 0.2) is 0 Å². The van der Waals surface area contributed by atoms with Crippen molar-refractivity contribution in [2.24, 2.45) is 0 Å². The summed E-state index contributed by atoms with van der Waals surface area (Å²) in [6.07, 6.45) is -0.626. The van der Waals surface area contributed by atoms with E-state index in [2.05, 4.69) is 4.98 Å². The highest BCUT2D eigenvalue weighted by atomic mass is 32.1. The zero-order chi connectivity index (χ0) is 12.4. The second kappa shape index (κ2) is 4.60. The fraction of sp³-hybridized carbons (Fsp3) is 0.182. The van der Waals surface area contributed by atoms with Gasteiger partial charge in [0.2, 0.25) is 0 Å². The van der Waals surface area contributed by atoms with Crippen LogP contribution in [0.15, 0.2) is 29.6 Å². The Labute approximate surface area is 102 Å². The molecular formula is C11H10N2O3S. The maximum absolute atomic E-state index is 10.6. The quantitative estimate of drug-likeness (QED) is 0.671. The van der Waals surface area contributed by atoms with Crippen molar-refractivity contribution < 1.29 is 10.0 Å². The first-order chi connectivity index (χ1) is 8.08. The number of rotatable bonds is 3. The number of thiazole rings is 1. The van der Waals surface area contributed by atoms with Crippen molar-refractivity contribution in [3.05, 3.63) is 45.5 Å². The van der Waals surface area contributed by atoms with Gasteiger partial charge < -0.3 is 5.11 Å². The van der Waals surface area contributed by atoms with Crippen LogP contribution in [0.3, 0.4) is 0 Å². The van der Waals surface area contributed by atoms with E-state index < -0.39 is 11.0 Å². The lowest BCUT2D eigenvalue weighted by molar-refractivity contribution is -0.384. The van der Waals surface area contributed by atoms with E-state index in [1.807, 2.05) is 0 Å². The minimum Gasteiger partial charge on any atom is -0.387 e. The van der Waals surface area contributed by atoms with Crippen LogP contribution < -0.4 is 0 Å². The fourth-order valence-corrected chi connectivity index (χ4v) is 2.27. The third kappa shape index (κ3) is 2.48. The Morgan fingerprint density at radius 1 is 1.53 bits per heavy atom. The number of hydrogen-bond donors (Lipinski definition) is 1. The molecule has 6 heteroatoms. The lowest BCUT2D eigenvalue weighted by Gasteiger charge is -1.98. The molecule has 0 radical (unpaired) electrons. The Kier molecular flexibility index (Phi) is 3.16. The minimum absolute atomic E-state index is 0.0382. The first kappa shape index (κ1) is 11.7. The van der Waals surface area contributed by atoms with E-state index in [0.717, 1.165) is 0 Å². The molecule has 1 unspecified atom stereocenters. The van der Waals surface area contributed by atoms with Crippen LogP contribution in [0.1, 0.15) is 18.7 Å². The van der Waals surface area contributed by atoms with Crippen molar-refractivity contribution in [2.45, 2.75) is 13.0 Å². The van der Waals surface area contributed by atoms with Crippen LogP contribution in [0.25, 0.3) is 10.6 Å². The Bertz CT molecular complexity index is 551. The summed E-state index contributed by atoms with van der Waals surface area (Å²) in [6.45, 7) is 1.63. The summed E-state index contributed by atoms with van der Waals surface area (Å²) in [6, 6.07) is 6.30. The Morgan fingerprint density at radius 3 is 2.88 bits per heavy atom. The molecule has 1 aromatic heterocycles. The summed E-state index contributed by atoms with van der Waals surface area (Å²) in [5.41, 5.74) is 1.31. The van der Waals surface area contributed by atoms with Gasteiger partial charge in [0.05, 0.1) is 16.7 Å². The van der Waals surface area contributed by atoms with Crippen molar-refractivity contribution in [2.75, 3.05) is 0 Å². The summed E-state index contributed by atoms with van der Waals surface area (Å²) in [4.78, 5) is 14.4. The molecule has 0 aliphatic heterocycles. The Balaban J connectivity index is 2.38. The molecule has 5 nitrogen and oxygen atoms in total. The topological polar surface area (TPSA) is 76.3 Å². The molecule has 0 saturated heterocycles. The number of non-ortho nitro benzene ring substituents is 1. The van der Waals surface area contributed by atoms with Crippen molar-refractivity contribution in [1.82, 2.24) is 4.98 Å². The second-order valence-electron chi connectivity index (χ2n) is 3.56. The van der Waals surface area contributed by atoms with Gasteiger partial charge >= 0.3 is 0 Å². The number of aromatic nitrogens is 1. The summed E-state index contributed by atoms with van der Waals surface area (Å²) in [7, 11) is 0. The van der Waals surface area contributed by atoms with Gasteiger partial charge in [-0.05, 0) is 6.92 Å². The molecule has 0 bridgehead atoms. The maximum atomic E-state index is 10.6. The summed E-state index contributed by atoms with van der Waals surface area (Å²) < 4.78 is 0. The maximum Gasteiger partial charge on any atom is 0.270 e. The largest absolute Gasteiger partial charge is 0.387 e. The zero-order valence-electron chi connectivity index (χ0n) is 9.03. The van der Waals surface area contributed by atoms with Gasteiger partial charge in [0, 0.05) is 23.1 Å². The van der Waals surface area contributed by atoms with E-state index in [1.54, 1.807) is 24.4 Å². The molecule has 0 aliphatic carbocycles. The Morgan fingerprint density at radius 2 is 2.29 bits per heavy atom. The lowest BCUT2D eigenvalue weighted by Crippen LogP contribution is -1.91. The summed E-state index contributed by atoms with van der Waals surface area (Å²) in [5, 5.41) is 22.4. The van der Waals surface area contributed by atoms with Crippen molar-refractivity contribution in [1.29, 1.82) is 0 Å². The van der Waals surface area contributed by atoms with E-state index >= 15 is 0 Å². The number of benzene rings is 1. The third-order valence-corrected chi connectivity index (χ3v) is 3.16. The molecular weight excluding hydrogens is 240 g/mol. The molecule has 17 heavy (non-hydrogen) atoms. The molecule has 0 saturated carbocycles. The van der Waals surface area contributed by atoms with Crippen molar-refractivity contribution >= 4 is 17.0 Å². The molecule has 1 N–H and O–H groups in total. The normalized spacial score (nSPS) is 12.4.